The predicted molar refractivity (Wildman–Crippen MR) is 77.4 cm³/mol. The molecule has 0 saturated heterocycles. The first-order valence-corrected chi connectivity index (χ1v) is 6.81. The molecular weight excluding hydrogens is 253 g/mol. The summed E-state index contributed by atoms with van der Waals surface area (Å²) < 4.78 is 12.8. The van der Waals surface area contributed by atoms with Crippen LogP contribution in [0.1, 0.15) is 23.5 Å². The molecule has 1 atom stereocenters. The van der Waals surface area contributed by atoms with Crippen molar-refractivity contribution < 1.29 is 9.18 Å². The first-order valence-electron chi connectivity index (χ1n) is 6.81. The van der Waals surface area contributed by atoms with Crippen LogP contribution in [0.15, 0.2) is 48.5 Å². The fourth-order valence-corrected chi connectivity index (χ4v) is 2.72. The number of ketones is 1. The van der Waals surface area contributed by atoms with Crippen LogP contribution in [0, 0.1) is 5.82 Å². The normalized spacial score (nSPS) is 16.6. The van der Waals surface area contributed by atoms with Crippen LogP contribution in [-0.4, -0.2) is 12.3 Å². The van der Waals surface area contributed by atoms with E-state index in [1.807, 2.05) is 18.2 Å². The number of carbonyl (C=O) groups is 1. The Morgan fingerprint density at radius 3 is 2.70 bits per heavy atom. The number of para-hydroxylation sites is 1. The average molecular weight is 269 g/mol. The highest BCUT2D eigenvalue weighted by molar-refractivity contribution is 5.82. The van der Waals surface area contributed by atoms with Gasteiger partial charge in [-0.1, -0.05) is 30.3 Å². The lowest BCUT2D eigenvalue weighted by atomic mass is 9.93. The van der Waals surface area contributed by atoms with Crippen molar-refractivity contribution in [3.63, 3.8) is 0 Å². The standard InChI is InChI=1S/C17H16FNO/c18-14-7-5-12(6-8-14)9-15(20)10-13-11-19-17-4-2-1-3-16(13)17/h1-8,13,19H,9-11H2. The molecule has 0 amide bonds. The first kappa shape index (κ1) is 12.9. The lowest BCUT2D eigenvalue weighted by Gasteiger charge is -2.09. The smallest absolute Gasteiger partial charge is 0.137 e. The highest BCUT2D eigenvalue weighted by atomic mass is 19.1. The summed E-state index contributed by atoms with van der Waals surface area (Å²) in [6, 6.07) is 14.3. The largest absolute Gasteiger partial charge is 0.384 e. The first-order chi connectivity index (χ1) is 9.72. The van der Waals surface area contributed by atoms with E-state index >= 15 is 0 Å². The van der Waals surface area contributed by atoms with Crippen LogP contribution in [0.3, 0.4) is 0 Å². The average Bonchev–Trinajstić information content (AvgIpc) is 2.85. The Kier molecular flexibility index (Phi) is 3.50. The lowest BCUT2D eigenvalue weighted by Crippen LogP contribution is -2.11. The van der Waals surface area contributed by atoms with Crippen molar-refractivity contribution in [2.45, 2.75) is 18.8 Å². The maximum absolute atomic E-state index is 12.8. The molecule has 1 unspecified atom stereocenters. The molecule has 3 heteroatoms. The third kappa shape index (κ3) is 2.72. The zero-order chi connectivity index (χ0) is 13.9. The lowest BCUT2D eigenvalue weighted by molar-refractivity contribution is -0.118. The minimum Gasteiger partial charge on any atom is -0.384 e. The zero-order valence-electron chi connectivity index (χ0n) is 11.1. The van der Waals surface area contributed by atoms with Gasteiger partial charge in [-0.2, -0.15) is 0 Å². The van der Waals surface area contributed by atoms with Gasteiger partial charge in [0.15, 0.2) is 0 Å². The van der Waals surface area contributed by atoms with E-state index in [1.54, 1.807) is 12.1 Å². The van der Waals surface area contributed by atoms with E-state index in [4.69, 9.17) is 0 Å². The van der Waals surface area contributed by atoms with Crippen molar-refractivity contribution in [3.8, 4) is 0 Å². The van der Waals surface area contributed by atoms with E-state index in [0.29, 0.717) is 12.8 Å². The summed E-state index contributed by atoms with van der Waals surface area (Å²) in [6.45, 7) is 0.814. The van der Waals surface area contributed by atoms with Crippen LogP contribution in [0.5, 0.6) is 0 Å². The van der Waals surface area contributed by atoms with E-state index in [2.05, 4.69) is 11.4 Å². The second kappa shape index (κ2) is 5.45. The molecule has 1 aliphatic heterocycles. The molecule has 1 heterocycles. The van der Waals surface area contributed by atoms with Crippen LogP contribution in [-0.2, 0) is 11.2 Å². The fourth-order valence-electron chi connectivity index (χ4n) is 2.72. The summed E-state index contributed by atoms with van der Waals surface area (Å²) in [6.07, 6.45) is 0.903. The van der Waals surface area contributed by atoms with Crippen LogP contribution in [0.25, 0.3) is 0 Å². The van der Waals surface area contributed by atoms with Crippen LogP contribution >= 0.6 is 0 Å². The summed E-state index contributed by atoms with van der Waals surface area (Å²) in [7, 11) is 0. The summed E-state index contributed by atoms with van der Waals surface area (Å²) in [4.78, 5) is 12.1. The van der Waals surface area contributed by atoms with Gasteiger partial charge in [-0.3, -0.25) is 4.79 Å². The summed E-state index contributed by atoms with van der Waals surface area (Å²) >= 11 is 0. The van der Waals surface area contributed by atoms with Gasteiger partial charge in [0.2, 0.25) is 0 Å². The molecule has 1 N–H and O–H groups in total. The van der Waals surface area contributed by atoms with Crippen molar-refractivity contribution in [2.24, 2.45) is 0 Å². The number of nitrogens with one attached hydrogen (secondary N) is 1. The number of anilines is 1. The molecule has 2 aromatic rings. The molecule has 2 nitrogen and oxygen atoms in total. The van der Waals surface area contributed by atoms with Gasteiger partial charge in [0.1, 0.15) is 11.6 Å². The van der Waals surface area contributed by atoms with E-state index in [9.17, 15) is 9.18 Å². The third-order valence-electron chi connectivity index (χ3n) is 3.73. The maximum Gasteiger partial charge on any atom is 0.137 e. The topological polar surface area (TPSA) is 29.1 Å². The Labute approximate surface area is 117 Å². The Balaban J connectivity index is 1.64. The highest BCUT2D eigenvalue weighted by Gasteiger charge is 2.23. The monoisotopic (exact) mass is 269 g/mol. The summed E-state index contributed by atoms with van der Waals surface area (Å²) in [5.74, 6) is 0.175. The Morgan fingerprint density at radius 1 is 1.15 bits per heavy atom. The quantitative estimate of drug-likeness (QED) is 0.920. The molecule has 0 aromatic heterocycles. The Bertz CT molecular complexity index is 621. The molecule has 3 rings (SSSR count). The van der Waals surface area contributed by atoms with E-state index in [0.717, 1.165) is 17.8 Å². The molecule has 2 aromatic carbocycles. The second-order valence-electron chi connectivity index (χ2n) is 5.21. The SMILES string of the molecule is O=C(Cc1ccc(F)cc1)CC1CNc2ccccc21. The number of hydrogen-bond acceptors (Lipinski definition) is 2. The van der Waals surface area contributed by atoms with Gasteiger partial charge in [-0.05, 0) is 29.3 Å². The van der Waals surface area contributed by atoms with Crippen molar-refractivity contribution in [2.75, 3.05) is 11.9 Å². The molecule has 0 bridgehead atoms. The number of hydrogen-bond donors (Lipinski definition) is 1. The van der Waals surface area contributed by atoms with Crippen LogP contribution < -0.4 is 5.32 Å². The van der Waals surface area contributed by atoms with Crippen molar-refractivity contribution in [1.82, 2.24) is 0 Å². The minimum absolute atomic E-state index is 0.195. The van der Waals surface area contributed by atoms with Crippen molar-refractivity contribution in [1.29, 1.82) is 0 Å². The molecule has 0 spiro atoms. The minimum atomic E-state index is -0.268. The van der Waals surface area contributed by atoms with Gasteiger partial charge in [-0.15, -0.1) is 0 Å². The van der Waals surface area contributed by atoms with Crippen LogP contribution in [0.2, 0.25) is 0 Å². The Hall–Kier alpha value is -2.16. The second-order valence-corrected chi connectivity index (χ2v) is 5.21. The Morgan fingerprint density at radius 2 is 1.90 bits per heavy atom. The predicted octanol–water partition coefficient (Wildman–Crippen LogP) is 3.54. The van der Waals surface area contributed by atoms with Gasteiger partial charge in [0.25, 0.3) is 0 Å². The number of Topliss-reactive ketones (excluding diaryl/α,β-unsaturated/α-hetero) is 1. The van der Waals surface area contributed by atoms with E-state index < -0.39 is 0 Å². The van der Waals surface area contributed by atoms with E-state index in [-0.39, 0.29) is 17.5 Å². The zero-order valence-corrected chi connectivity index (χ0v) is 11.1. The third-order valence-corrected chi connectivity index (χ3v) is 3.73. The molecule has 0 saturated carbocycles. The van der Waals surface area contributed by atoms with Gasteiger partial charge in [-0.25, -0.2) is 4.39 Å². The van der Waals surface area contributed by atoms with Crippen molar-refractivity contribution >= 4 is 11.5 Å². The number of carbonyl (C=O) groups excluding carboxylic acids is 1. The van der Waals surface area contributed by atoms with Crippen molar-refractivity contribution in [3.05, 3.63) is 65.5 Å². The maximum atomic E-state index is 12.8. The molecule has 0 radical (unpaired) electrons. The number of halogens is 1. The molecule has 102 valence electrons. The highest BCUT2D eigenvalue weighted by Crippen LogP contribution is 2.33. The molecule has 1 aliphatic rings. The summed E-state index contributed by atoms with van der Waals surface area (Å²) in [5, 5.41) is 3.33. The molecule has 0 fully saturated rings. The van der Waals surface area contributed by atoms with Gasteiger partial charge >= 0.3 is 0 Å². The molecular formula is C17H16FNO. The number of fused-ring (bicyclic) bond motifs is 1. The van der Waals surface area contributed by atoms with Gasteiger partial charge < -0.3 is 5.32 Å². The van der Waals surface area contributed by atoms with Gasteiger partial charge in [0, 0.05) is 31.0 Å². The number of benzene rings is 2. The van der Waals surface area contributed by atoms with Gasteiger partial charge in [0.05, 0.1) is 0 Å². The fraction of sp³-hybridized carbons (Fsp3) is 0.235. The molecule has 20 heavy (non-hydrogen) atoms. The van der Waals surface area contributed by atoms with Crippen LogP contribution in [0.4, 0.5) is 10.1 Å². The number of rotatable bonds is 4. The van der Waals surface area contributed by atoms with E-state index in [1.165, 1.54) is 17.7 Å². The summed E-state index contributed by atoms with van der Waals surface area (Å²) in [5.41, 5.74) is 3.22. The molecule has 0 aliphatic carbocycles.